The van der Waals surface area contributed by atoms with Crippen molar-refractivity contribution in [2.45, 2.75) is 6.54 Å². The fourth-order valence-corrected chi connectivity index (χ4v) is 1.37. The van der Waals surface area contributed by atoms with Crippen LogP contribution in [0.3, 0.4) is 0 Å². The highest BCUT2D eigenvalue weighted by atomic mass is 19.1. The molecule has 0 bridgehead atoms. The first kappa shape index (κ1) is 10.6. The van der Waals surface area contributed by atoms with E-state index in [-0.39, 0.29) is 0 Å². The lowest BCUT2D eigenvalue weighted by Gasteiger charge is -2.29. The van der Waals surface area contributed by atoms with Gasteiger partial charge in [0.15, 0.2) is 0 Å². The highest BCUT2D eigenvalue weighted by Gasteiger charge is 2.11. The number of hydrazone groups is 1. The van der Waals surface area contributed by atoms with Gasteiger partial charge in [0.2, 0.25) is 5.97 Å². The molecule has 2 rings (SSSR count). The SMILES string of the molecule is CN(Cc1ccccc1)N1N=C(F)C=[C]N1. The summed E-state index contributed by atoms with van der Waals surface area (Å²) in [5, 5.41) is 6.71. The van der Waals surface area contributed by atoms with E-state index in [4.69, 9.17) is 0 Å². The second kappa shape index (κ2) is 4.76. The maximum Gasteiger partial charge on any atom is 0.236 e. The first-order valence-electron chi connectivity index (χ1n) is 4.89. The maximum absolute atomic E-state index is 12.9. The number of hydrazine groups is 2. The minimum absolute atomic E-state index is 0.571. The number of nitrogens with zero attached hydrogens (tertiary/aromatic N) is 3. The zero-order chi connectivity index (χ0) is 11.4. The van der Waals surface area contributed by atoms with Gasteiger partial charge in [0.05, 0.1) is 6.20 Å². The van der Waals surface area contributed by atoms with E-state index >= 15 is 0 Å². The van der Waals surface area contributed by atoms with Gasteiger partial charge in [-0.1, -0.05) is 30.3 Å². The van der Waals surface area contributed by atoms with Crippen LogP contribution >= 0.6 is 0 Å². The van der Waals surface area contributed by atoms with E-state index in [2.05, 4.69) is 16.7 Å². The number of rotatable bonds is 3. The number of hydrogen-bond acceptors (Lipinski definition) is 4. The monoisotopic (exact) mass is 219 g/mol. The lowest BCUT2D eigenvalue weighted by molar-refractivity contribution is -0.0456. The minimum Gasteiger partial charge on any atom is -0.265 e. The molecule has 1 aromatic rings. The maximum atomic E-state index is 12.9. The summed E-state index contributed by atoms with van der Waals surface area (Å²) in [6.45, 7) is 0.631. The minimum atomic E-state index is -0.571. The molecule has 1 aliphatic rings. The molecule has 0 amide bonds. The second-order valence-electron chi connectivity index (χ2n) is 3.41. The van der Waals surface area contributed by atoms with Crippen molar-refractivity contribution in [2.24, 2.45) is 5.10 Å². The summed E-state index contributed by atoms with van der Waals surface area (Å²) < 4.78 is 12.9. The molecule has 0 saturated carbocycles. The molecule has 0 aliphatic carbocycles. The summed E-state index contributed by atoms with van der Waals surface area (Å²) in [7, 11) is 1.81. The van der Waals surface area contributed by atoms with Crippen molar-refractivity contribution in [1.29, 1.82) is 0 Å². The molecule has 1 N–H and O–H groups in total. The van der Waals surface area contributed by atoms with Crippen LogP contribution in [0.5, 0.6) is 0 Å². The molecule has 1 aromatic carbocycles. The lowest BCUT2D eigenvalue weighted by atomic mass is 10.2. The van der Waals surface area contributed by atoms with Crippen molar-refractivity contribution in [3.63, 3.8) is 0 Å². The molecule has 83 valence electrons. The number of hydrogen-bond donors (Lipinski definition) is 1. The Bertz CT molecular complexity index is 402. The Morgan fingerprint density at radius 1 is 1.44 bits per heavy atom. The summed E-state index contributed by atoms with van der Waals surface area (Å²) in [4.78, 5) is 0. The molecule has 4 nitrogen and oxygen atoms in total. The summed E-state index contributed by atoms with van der Waals surface area (Å²) in [6.07, 6.45) is 3.70. The molecule has 1 radical (unpaired) electrons. The first-order chi connectivity index (χ1) is 7.75. The Labute approximate surface area is 93.6 Å². The molecule has 1 aliphatic heterocycles. The lowest BCUT2D eigenvalue weighted by Crippen LogP contribution is -2.44. The molecular formula is C11H12FN4. The molecule has 0 aromatic heterocycles. The third-order valence-electron chi connectivity index (χ3n) is 2.12. The standard InChI is InChI=1S/C11H12FN4/c1-15(9-10-5-3-2-4-6-10)16-13-8-7-11(12)14-16/h2-7,13H,9H2,1H3. The van der Waals surface area contributed by atoms with E-state index < -0.39 is 5.97 Å². The third kappa shape index (κ3) is 2.58. The predicted octanol–water partition coefficient (Wildman–Crippen LogP) is 1.45. The van der Waals surface area contributed by atoms with Gasteiger partial charge in [0, 0.05) is 19.7 Å². The summed E-state index contributed by atoms with van der Waals surface area (Å²) in [5.41, 5.74) is 3.82. The fourth-order valence-electron chi connectivity index (χ4n) is 1.37. The van der Waals surface area contributed by atoms with Crippen molar-refractivity contribution in [2.75, 3.05) is 7.05 Å². The van der Waals surface area contributed by atoms with Crippen LogP contribution in [0.25, 0.3) is 0 Å². The number of nitrogens with one attached hydrogen (secondary N) is 1. The third-order valence-corrected chi connectivity index (χ3v) is 2.12. The quantitative estimate of drug-likeness (QED) is 0.834. The zero-order valence-corrected chi connectivity index (χ0v) is 8.89. The molecule has 0 atom stereocenters. The van der Waals surface area contributed by atoms with Gasteiger partial charge in [-0.05, 0) is 5.56 Å². The average Bonchev–Trinajstić information content (AvgIpc) is 2.30. The van der Waals surface area contributed by atoms with Gasteiger partial charge >= 0.3 is 0 Å². The Balaban J connectivity index is 1.99. The Morgan fingerprint density at radius 3 is 2.88 bits per heavy atom. The summed E-state index contributed by atoms with van der Waals surface area (Å²) in [6, 6.07) is 9.88. The van der Waals surface area contributed by atoms with Crippen LogP contribution in [0.15, 0.2) is 41.5 Å². The molecule has 0 spiro atoms. The highest BCUT2D eigenvalue weighted by Crippen LogP contribution is 2.06. The van der Waals surface area contributed by atoms with E-state index in [1.807, 2.05) is 37.4 Å². The largest absolute Gasteiger partial charge is 0.265 e. The van der Waals surface area contributed by atoms with E-state index in [0.717, 1.165) is 11.6 Å². The molecule has 5 heteroatoms. The first-order valence-corrected chi connectivity index (χ1v) is 4.89. The summed E-state index contributed by atoms with van der Waals surface area (Å²) in [5.74, 6) is -0.571. The van der Waals surface area contributed by atoms with Gasteiger partial charge in [-0.2, -0.15) is 9.40 Å². The molecule has 0 saturated heterocycles. The van der Waals surface area contributed by atoms with Gasteiger partial charge in [-0.15, -0.1) is 10.3 Å². The molecule has 0 unspecified atom stereocenters. The van der Waals surface area contributed by atoms with Gasteiger partial charge in [0.1, 0.15) is 0 Å². The normalized spacial score (nSPS) is 14.9. The highest BCUT2D eigenvalue weighted by molar-refractivity contribution is 5.85. The van der Waals surface area contributed by atoms with Crippen molar-refractivity contribution < 1.29 is 4.39 Å². The molecular weight excluding hydrogens is 207 g/mol. The average molecular weight is 219 g/mol. The van der Waals surface area contributed by atoms with Gasteiger partial charge in [0.25, 0.3) is 0 Å². The molecule has 1 heterocycles. The van der Waals surface area contributed by atoms with Gasteiger partial charge < -0.3 is 0 Å². The van der Waals surface area contributed by atoms with Crippen molar-refractivity contribution in [3.05, 3.63) is 48.2 Å². The zero-order valence-electron chi connectivity index (χ0n) is 8.89. The van der Waals surface area contributed by atoms with Crippen molar-refractivity contribution >= 4 is 5.97 Å². The Kier molecular flexibility index (Phi) is 3.16. The Hall–Kier alpha value is -1.88. The van der Waals surface area contributed by atoms with Crippen LogP contribution in [0.1, 0.15) is 5.56 Å². The molecule has 16 heavy (non-hydrogen) atoms. The van der Waals surface area contributed by atoms with Gasteiger partial charge in [-0.25, -0.2) is 0 Å². The topological polar surface area (TPSA) is 30.9 Å². The van der Waals surface area contributed by atoms with E-state index in [1.165, 1.54) is 5.23 Å². The summed E-state index contributed by atoms with van der Waals surface area (Å²) >= 11 is 0. The van der Waals surface area contributed by atoms with Crippen LogP contribution in [-0.2, 0) is 6.54 Å². The number of benzene rings is 1. The van der Waals surface area contributed by atoms with E-state index in [0.29, 0.717) is 6.54 Å². The smallest absolute Gasteiger partial charge is 0.236 e. The van der Waals surface area contributed by atoms with Crippen molar-refractivity contribution in [1.82, 2.24) is 15.7 Å². The van der Waals surface area contributed by atoms with Crippen LogP contribution in [0.2, 0.25) is 0 Å². The van der Waals surface area contributed by atoms with E-state index in [9.17, 15) is 4.39 Å². The number of halogens is 1. The second-order valence-corrected chi connectivity index (χ2v) is 3.41. The van der Waals surface area contributed by atoms with Crippen molar-refractivity contribution in [3.8, 4) is 0 Å². The predicted molar refractivity (Wildman–Crippen MR) is 59.2 cm³/mol. The fraction of sp³-hybridized carbons (Fsp3) is 0.182. The van der Waals surface area contributed by atoms with Crippen LogP contribution in [0, 0.1) is 6.20 Å². The molecule has 0 fully saturated rings. The number of allylic oxidation sites excluding steroid dienone is 1. The van der Waals surface area contributed by atoms with Crippen LogP contribution < -0.4 is 5.43 Å². The Morgan fingerprint density at radius 2 is 2.19 bits per heavy atom. The van der Waals surface area contributed by atoms with E-state index in [1.54, 1.807) is 5.01 Å². The van der Waals surface area contributed by atoms with Crippen LogP contribution in [0.4, 0.5) is 4.39 Å². The van der Waals surface area contributed by atoms with Gasteiger partial charge in [-0.3, -0.25) is 5.43 Å². The van der Waals surface area contributed by atoms with Crippen LogP contribution in [-0.4, -0.2) is 23.2 Å².